The van der Waals surface area contributed by atoms with Crippen LogP contribution in [0.5, 0.6) is 0 Å². The largest absolute Gasteiger partial charge is 0.355 e. The minimum atomic E-state index is -0.0541. The summed E-state index contributed by atoms with van der Waals surface area (Å²) in [7, 11) is 1.72. The number of carbonyl (C=O) groups excluding carboxylic acids is 1. The zero-order chi connectivity index (χ0) is 19.0. The highest BCUT2D eigenvalue weighted by Gasteiger charge is 2.43. The summed E-state index contributed by atoms with van der Waals surface area (Å²) in [6.45, 7) is 1.56. The number of carbonyl (C=O) groups is 1. The van der Waals surface area contributed by atoms with Gasteiger partial charge in [-0.2, -0.15) is 0 Å². The van der Waals surface area contributed by atoms with Crippen LogP contribution in [0.4, 0.5) is 0 Å². The molecule has 0 spiro atoms. The molecular formula is C21H26N4OS. The lowest BCUT2D eigenvalue weighted by molar-refractivity contribution is -0.120. The van der Waals surface area contributed by atoms with Gasteiger partial charge in [0.05, 0.1) is 6.54 Å². The molecule has 142 valence electrons. The van der Waals surface area contributed by atoms with Gasteiger partial charge in [-0.05, 0) is 30.5 Å². The van der Waals surface area contributed by atoms with E-state index in [9.17, 15) is 4.79 Å². The Hall–Kier alpha value is -2.47. The third-order valence-electron chi connectivity index (χ3n) is 4.44. The highest BCUT2D eigenvalue weighted by atomic mass is 32.2. The lowest BCUT2D eigenvalue weighted by Gasteiger charge is -2.18. The summed E-state index contributed by atoms with van der Waals surface area (Å²) in [4.78, 5) is 17.5. The molecule has 1 aliphatic rings. The molecule has 5 nitrogen and oxygen atoms in total. The minimum Gasteiger partial charge on any atom is -0.355 e. The van der Waals surface area contributed by atoms with Gasteiger partial charge in [-0.15, -0.1) is 11.8 Å². The van der Waals surface area contributed by atoms with E-state index in [4.69, 9.17) is 0 Å². The van der Waals surface area contributed by atoms with Gasteiger partial charge < -0.3 is 16.0 Å². The van der Waals surface area contributed by atoms with E-state index in [1.807, 2.05) is 48.2 Å². The molecule has 3 rings (SSSR count). The summed E-state index contributed by atoms with van der Waals surface area (Å²) in [6, 6.07) is 20.4. The van der Waals surface area contributed by atoms with Crippen molar-refractivity contribution in [2.45, 2.75) is 29.0 Å². The number of thioether (sulfide) groups is 1. The van der Waals surface area contributed by atoms with Gasteiger partial charge in [0.1, 0.15) is 0 Å². The summed E-state index contributed by atoms with van der Waals surface area (Å²) in [6.07, 6.45) is 2.38. The molecule has 0 aromatic heterocycles. The standard InChI is InChI=1S/C21H26N4OS/c1-22-20(24-15-19(26)23-14-17-8-4-2-5-9-17)25-16-21(12-13-21)27-18-10-6-3-7-11-18/h2-11H,12-16H2,1H3,(H,23,26)(H2,22,24,25). The van der Waals surface area contributed by atoms with Crippen LogP contribution in [0.3, 0.4) is 0 Å². The second-order valence-corrected chi connectivity index (χ2v) is 8.18. The zero-order valence-electron chi connectivity index (χ0n) is 15.6. The van der Waals surface area contributed by atoms with E-state index in [0.29, 0.717) is 12.5 Å². The Morgan fingerprint density at radius 3 is 2.30 bits per heavy atom. The van der Waals surface area contributed by atoms with E-state index in [2.05, 4.69) is 45.2 Å². The number of nitrogens with one attached hydrogen (secondary N) is 3. The molecule has 1 amide bonds. The average Bonchev–Trinajstić information content (AvgIpc) is 3.47. The highest BCUT2D eigenvalue weighted by molar-refractivity contribution is 8.01. The molecule has 0 saturated heterocycles. The van der Waals surface area contributed by atoms with Crippen molar-refractivity contribution in [1.29, 1.82) is 0 Å². The normalized spacial score (nSPS) is 15.1. The molecular weight excluding hydrogens is 356 g/mol. The topological polar surface area (TPSA) is 65.5 Å². The van der Waals surface area contributed by atoms with Crippen LogP contribution in [0, 0.1) is 0 Å². The van der Waals surface area contributed by atoms with Crippen LogP contribution in [0.1, 0.15) is 18.4 Å². The molecule has 0 bridgehead atoms. The van der Waals surface area contributed by atoms with Crippen molar-refractivity contribution in [3.05, 3.63) is 66.2 Å². The molecule has 1 saturated carbocycles. The summed E-state index contributed by atoms with van der Waals surface area (Å²) in [5.74, 6) is 0.603. The molecule has 0 aliphatic heterocycles. The maximum atomic E-state index is 12.0. The Kier molecular flexibility index (Phi) is 6.76. The van der Waals surface area contributed by atoms with Crippen molar-refractivity contribution in [3.63, 3.8) is 0 Å². The number of aliphatic imine (C=N–C) groups is 1. The molecule has 0 unspecified atom stereocenters. The van der Waals surface area contributed by atoms with Crippen LogP contribution in [-0.4, -0.2) is 36.8 Å². The lowest BCUT2D eigenvalue weighted by atomic mass is 10.2. The molecule has 1 fully saturated rings. The van der Waals surface area contributed by atoms with Crippen molar-refractivity contribution < 1.29 is 4.79 Å². The number of amides is 1. The van der Waals surface area contributed by atoms with Crippen LogP contribution in [0.25, 0.3) is 0 Å². The van der Waals surface area contributed by atoms with Crippen molar-refractivity contribution in [2.24, 2.45) is 4.99 Å². The maximum absolute atomic E-state index is 12.0. The number of rotatable bonds is 8. The maximum Gasteiger partial charge on any atom is 0.239 e. The first kappa shape index (κ1) is 19.3. The first-order valence-electron chi connectivity index (χ1n) is 9.18. The van der Waals surface area contributed by atoms with E-state index < -0.39 is 0 Å². The molecule has 0 atom stereocenters. The minimum absolute atomic E-state index is 0.0541. The molecule has 2 aromatic rings. The van der Waals surface area contributed by atoms with Crippen molar-refractivity contribution in [3.8, 4) is 0 Å². The predicted octanol–water partition coefficient (Wildman–Crippen LogP) is 2.79. The Morgan fingerprint density at radius 1 is 1.00 bits per heavy atom. The van der Waals surface area contributed by atoms with Gasteiger partial charge in [-0.3, -0.25) is 9.79 Å². The fourth-order valence-corrected chi connectivity index (χ4v) is 3.93. The quantitative estimate of drug-likeness (QED) is 0.485. The zero-order valence-corrected chi connectivity index (χ0v) is 16.4. The van der Waals surface area contributed by atoms with Crippen molar-refractivity contribution in [2.75, 3.05) is 20.1 Å². The van der Waals surface area contributed by atoms with Gasteiger partial charge in [0, 0.05) is 29.8 Å². The third kappa shape index (κ3) is 6.32. The lowest BCUT2D eigenvalue weighted by Crippen LogP contribution is -2.45. The van der Waals surface area contributed by atoms with E-state index in [1.165, 1.54) is 17.7 Å². The van der Waals surface area contributed by atoms with Crippen molar-refractivity contribution in [1.82, 2.24) is 16.0 Å². The van der Waals surface area contributed by atoms with Gasteiger partial charge in [0.15, 0.2) is 5.96 Å². The number of hydrogen-bond acceptors (Lipinski definition) is 3. The fourth-order valence-electron chi connectivity index (χ4n) is 2.68. The van der Waals surface area contributed by atoms with E-state index in [1.54, 1.807) is 7.05 Å². The van der Waals surface area contributed by atoms with Crippen LogP contribution in [0.15, 0.2) is 70.6 Å². The smallest absolute Gasteiger partial charge is 0.239 e. The van der Waals surface area contributed by atoms with Gasteiger partial charge >= 0.3 is 0 Å². The Morgan fingerprint density at radius 2 is 1.67 bits per heavy atom. The third-order valence-corrected chi connectivity index (χ3v) is 5.93. The monoisotopic (exact) mass is 382 g/mol. The van der Waals surface area contributed by atoms with Crippen molar-refractivity contribution >= 4 is 23.6 Å². The first-order chi connectivity index (χ1) is 13.2. The summed E-state index contributed by atoms with van der Waals surface area (Å²) in [5.41, 5.74) is 1.09. The van der Waals surface area contributed by atoms with Crippen LogP contribution in [0.2, 0.25) is 0 Å². The molecule has 6 heteroatoms. The molecule has 1 aliphatic carbocycles. The van der Waals surface area contributed by atoms with E-state index in [0.717, 1.165) is 12.1 Å². The van der Waals surface area contributed by atoms with Gasteiger partial charge in [0.25, 0.3) is 0 Å². The van der Waals surface area contributed by atoms with Crippen LogP contribution >= 0.6 is 11.8 Å². The Labute approximate surface area is 165 Å². The predicted molar refractivity (Wildman–Crippen MR) is 112 cm³/mol. The van der Waals surface area contributed by atoms with Gasteiger partial charge in [0.2, 0.25) is 5.91 Å². The number of nitrogens with zero attached hydrogens (tertiary/aromatic N) is 1. The van der Waals surface area contributed by atoms with Crippen LogP contribution < -0.4 is 16.0 Å². The molecule has 2 aromatic carbocycles. The van der Waals surface area contributed by atoms with Gasteiger partial charge in [-0.1, -0.05) is 48.5 Å². The number of guanidine groups is 1. The molecule has 0 radical (unpaired) electrons. The van der Waals surface area contributed by atoms with E-state index in [-0.39, 0.29) is 17.2 Å². The number of hydrogen-bond donors (Lipinski definition) is 3. The second kappa shape index (κ2) is 9.46. The highest BCUT2D eigenvalue weighted by Crippen LogP contribution is 2.51. The average molecular weight is 383 g/mol. The molecule has 3 N–H and O–H groups in total. The Bertz CT molecular complexity index is 760. The van der Waals surface area contributed by atoms with Gasteiger partial charge in [-0.25, -0.2) is 0 Å². The Balaban J connectivity index is 1.38. The van der Waals surface area contributed by atoms with E-state index >= 15 is 0 Å². The first-order valence-corrected chi connectivity index (χ1v) is 10.00. The molecule has 27 heavy (non-hydrogen) atoms. The summed E-state index contributed by atoms with van der Waals surface area (Å²) < 4.78 is 0.231. The number of benzene rings is 2. The fraction of sp³-hybridized carbons (Fsp3) is 0.333. The SMILES string of the molecule is CN=C(NCC(=O)NCc1ccccc1)NCC1(Sc2ccccc2)CC1. The summed E-state index contributed by atoms with van der Waals surface area (Å²) >= 11 is 1.92. The second-order valence-electron chi connectivity index (χ2n) is 6.64. The van der Waals surface area contributed by atoms with Crippen LogP contribution in [-0.2, 0) is 11.3 Å². The summed E-state index contributed by atoms with van der Waals surface area (Å²) in [5, 5.41) is 9.35. The molecule has 0 heterocycles.